The molecular formula is C13H18N6. The van der Waals surface area contributed by atoms with E-state index >= 15 is 0 Å². The molecule has 2 aliphatic rings. The molecule has 0 bridgehead atoms. The van der Waals surface area contributed by atoms with E-state index in [-0.39, 0.29) is 0 Å². The second-order valence-electron chi connectivity index (χ2n) is 5.91. The molecule has 6 nitrogen and oxygen atoms in total. The maximum atomic E-state index is 6.04. The molecule has 0 aromatic carbocycles. The van der Waals surface area contributed by atoms with Gasteiger partial charge >= 0.3 is 0 Å². The van der Waals surface area contributed by atoms with Crippen LogP contribution in [-0.4, -0.2) is 31.7 Å². The third kappa shape index (κ3) is 1.78. The summed E-state index contributed by atoms with van der Waals surface area (Å²) in [6, 6.07) is 0.948. The van der Waals surface area contributed by atoms with Gasteiger partial charge in [0.05, 0.1) is 12.4 Å². The van der Waals surface area contributed by atoms with Crippen molar-refractivity contribution in [1.82, 2.24) is 19.6 Å². The summed E-state index contributed by atoms with van der Waals surface area (Å²) in [5.41, 5.74) is 7.30. The van der Waals surface area contributed by atoms with Crippen LogP contribution in [0, 0.1) is 5.41 Å². The first kappa shape index (κ1) is 11.2. The average molecular weight is 258 g/mol. The smallest absolute Gasteiger partial charge is 0.175 e. The van der Waals surface area contributed by atoms with E-state index in [2.05, 4.69) is 20.4 Å². The molecule has 2 saturated carbocycles. The van der Waals surface area contributed by atoms with Crippen molar-refractivity contribution in [2.24, 2.45) is 11.1 Å². The summed E-state index contributed by atoms with van der Waals surface area (Å²) >= 11 is 0. The standard InChI is InChI=1S/C13H18N6/c14-10-5-13(10)3-1-9(2-4-13)18-12-7-15-6-11-16-8-17-19(11)12/h6-10,18H,1-5,14H2. The molecule has 2 aromatic heterocycles. The molecule has 1 spiro atoms. The van der Waals surface area contributed by atoms with Crippen LogP contribution in [0.15, 0.2) is 18.7 Å². The first-order valence-electron chi connectivity index (χ1n) is 6.93. The Kier molecular flexibility index (Phi) is 2.29. The largest absolute Gasteiger partial charge is 0.366 e. The summed E-state index contributed by atoms with van der Waals surface area (Å²) in [5.74, 6) is 0.927. The third-order valence-electron chi connectivity index (χ3n) is 4.78. The third-order valence-corrected chi connectivity index (χ3v) is 4.78. The van der Waals surface area contributed by atoms with Crippen LogP contribution in [0.3, 0.4) is 0 Å². The Labute approximate surface area is 111 Å². The summed E-state index contributed by atoms with van der Waals surface area (Å²) in [4.78, 5) is 8.35. The van der Waals surface area contributed by atoms with Crippen LogP contribution in [0.5, 0.6) is 0 Å². The molecule has 2 aromatic rings. The topological polar surface area (TPSA) is 81.1 Å². The number of anilines is 1. The number of fused-ring (bicyclic) bond motifs is 1. The van der Waals surface area contributed by atoms with E-state index in [0.717, 1.165) is 11.5 Å². The lowest BCUT2D eigenvalue weighted by Crippen LogP contribution is -2.30. The zero-order valence-corrected chi connectivity index (χ0v) is 10.8. The van der Waals surface area contributed by atoms with E-state index in [1.807, 2.05) is 6.20 Å². The molecule has 6 heteroatoms. The van der Waals surface area contributed by atoms with Gasteiger partial charge in [0.25, 0.3) is 0 Å². The van der Waals surface area contributed by atoms with Gasteiger partial charge in [-0.05, 0) is 37.5 Å². The number of aromatic nitrogens is 4. The molecule has 0 radical (unpaired) electrons. The molecule has 100 valence electrons. The molecule has 3 N–H and O–H groups in total. The molecule has 1 unspecified atom stereocenters. The van der Waals surface area contributed by atoms with Crippen LogP contribution in [0.1, 0.15) is 32.1 Å². The first-order chi connectivity index (χ1) is 9.27. The van der Waals surface area contributed by atoms with Gasteiger partial charge in [0.2, 0.25) is 0 Å². The van der Waals surface area contributed by atoms with Crippen LogP contribution < -0.4 is 11.1 Å². The van der Waals surface area contributed by atoms with E-state index in [1.165, 1.54) is 32.1 Å². The maximum absolute atomic E-state index is 6.04. The molecule has 2 fully saturated rings. The Bertz CT molecular complexity index is 598. The first-order valence-corrected chi connectivity index (χ1v) is 6.93. The fourth-order valence-corrected chi connectivity index (χ4v) is 3.35. The Morgan fingerprint density at radius 1 is 1.32 bits per heavy atom. The molecule has 1 atom stereocenters. The SMILES string of the molecule is NC1CC12CCC(Nc1cncc3ncnn13)CC2. The monoisotopic (exact) mass is 258 g/mol. The molecule has 0 saturated heterocycles. The molecule has 2 heterocycles. The minimum Gasteiger partial charge on any atom is -0.366 e. The van der Waals surface area contributed by atoms with E-state index in [0.29, 0.717) is 17.5 Å². The number of rotatable bonds is 2. The highest BCUT2D eigenvalue weighted by molar-refractivity contribution is 5.45. The van der Waals surface area contributed by atoms with Crippen LogP contribution >= 0.6 is 0 Å². The van der Waals surface area contributed by atoms with Crippen molar-refractivity contribution in [3.63, 3.8) is 0 Å². The molecule has 0 amide bonds. The van der Waals surface area contributed by atoms with Crippen LogP contribution in [0.25, 0.3) is 5.65 Å². The van der Waals surface area contributed by atoms with Gasteiger partial charge in [-0.2, -0.15) is 9.61 Å². The van der Waals surface area contributed by atoms with Gasteiger partial charge in [0.1, 0.15) is 12.1 Å². The second kappa shape index (κ2) is 3.90. The number of nitrogens with two attached hydrogens (primary N) is 1. The van der Waals surface area contributed by atoms with E-state index in [4.69, 9.17) is 5.73 Å². The zero-order chi connectivity index (χ0) is 12.9. The predicted octanol–water partition coefficient (Wildman–Crippen LogP) is 1.20. The average Bonchev–Trinajstić information content (AvgIpc) is 2.86. The lowest BCUT2D eigenvalue weighted by atomic mass is 9.83. The highest BCUT2D eigenvalue weighted by atomic mass is 15.3. The van der Waals surface area contributed by atoms with Crippen molar-refractivity contribution in [3.8, 4) is 0 Å². The Hall–Kier alpha value is -1.69. The lowest BCUT2D eigenvalue weighted by Gasteiger charge is -2.30. The molecule has 4 rings (SSSR count). The van der Waals surface area contributed by atoms with Crippen molar-refractivity contribution < 1.29 is 0 Å². The Morgan fingerprint density at radius 2 is 2.11 bits per heavy atom. The Balaban J connectivity index is 1.49. The zero-order valence-electron chi connectivity index (χ0n) is 10.8. The Morgan fingerprint density at radius 3 is 2.84 bits per heavy atom. The van der Waals surface area contributed by atoms with Gasteiger partial charge in [0, 0.05) is 12.1 Å². The quantitative estimate of drug-likeness (QED) is 0.845. The van der Waals surface area contributed by atoms with Gasteiger partial charge in [-0.15, -0.1) is 0 Å². The number of nitrogens with zero attached hydrogens (tertiary/aromatic N) is 4. The van der Waals surface area contributed by atoms with Gasteiger partial charge in [-0.25, -0.2) is 4.98 Å². The predicted molar refractivity (Wildman–Crippen MR) is 71.7 cm³/mol. The maximum Gasteiger partial charge on any atom is 0.175 e. The fourth-order valence-electron chi connectivity index (χ4n) is 3.35. The minimum absolute atomic E-state index is 0.453. The molecular weight excluding hydrogens is 240 g/mol. The van der Waals surface area contributed by atoms with E-state index in [9.17, 15) is 0 Å². The van der Waals surface area contributed by atoms with Crippen molar-refractivity contribution in [2.75, 3.05) is 5.32 Å². The molecule has 19 heavy (non-hydrogen) atoms. The van der Waals surface area contributed by atoms with Crippen molar-refractivity contribution in [1.29, 1.82) is 0 Å². The van der Waals surface area contributed by atoms with Crippen molar-refractivity contribution in [2.45, 2.75) is 44.2 Å². The summed E-state index contributed by atoms with van der Waals surface area (Å²) in [7, 11) is 0. The highest BCUT2D eigenvalue weighted by Crippen LogP contribution is 2.55. The molecule has 0 aliphatic heterocycles. The van der Waals surface area contributed by atoms with Gasteiger partial charge in [-0.3, -0.25) is 4.98 Å². The van der Waals surface area contributed by atoms with Gasteiger partial charge in [-0.1, -0.05) is 0 Å². The fraction of sp³-hybridized carbons (Fsp3) is 0.615. The van der Waals surface area contributed by atoms with Crippen LogP contribution in [0.2, 0.25) is 0 Å². The summed E-state index contributed by atoms with van der Waals surface area (Å²) in [6.07, 6.45) is 11.2. The second-order valence-corrected chi connectivity index (χ2v) is 5.91. The van der Waals surface area contributed by atoms with Crippen molar-refractivity contribution >= 4 is 11.5 Å². The van der Waals surface area contributed by atoms with Crippen LogP contribution in [-0.2, 0) is 0 Å². The summed E-state index contributed by atoms with van der Waals surface area (Å²) in [6.45, 7) is 0. The van der Waals surface area contributed by atoms with Gasteiger partial charge in [0.15, 0.2) is 5.65 Å². The highest BCUT2D eigenvalue weighted by Gasteiger charge is 2.52. The summed E-state index contributed by atoms with van der Waals surface area (Å²) in [5, 5.41) is 7.77. The van der Waals surface area contributed by atoms with E-state index < -0.39 is 0 Å². The van der Waals surface area contributed by atoms with Crippen LogP contribution in [0.4, 0.5) is 5.82 Å². The minimum atomic E-state index is 0.453. The van der Waals surface area contributed by atoms with Gasteiger partial charge < -0.3 is 11.1 Å². The number of hydrogen-bond donors (Lipinski definition) is 2. The summed E-state index contributed by atoms with van der Waals surface area (Å²) < 4.78 is 1.81. The number of nitrogens with one attached hydrogen (secondary N) is 1. The van der Waals surface area contributed by atoms with Crippen molar-refractivity contribution in [3.05, 3.63) is 18.7 Å². The lowest BCUT2D eigenvalue weighted by molar-refractivity contribution is 0.307. The normalized spacial score (nSPS) is 33.7. The number of hydrogen-bond acceptors (Lipinski definition) is 5. The molecule has 2 aliphatic carbocycles. The van der Waals surface area contributed by atoms with E-state index in [1.54, 1.807) is 17.0 Å².